The fourth-order valence-corrected chi connectivity index (χ4v) is 2.14. The summed E-state index contributed by atoms with van der Waals surface area (Å²) in [6.07, 6.45) is -2.21. The summed E-state index contributed by atoms with van der Waals surface area (Å²) in [7, 11) is 0. The highest BCUT2D eigenvalue weighted by atomic mass is 19.4. The molecule has 2 N–H and O–H groups in total. The molecule has 0 saturated carbocycles. The highest BCUT2D eigenvalue weighted by Gasteiger charge is 2.32. The van der Waals surface area contributed by atoms with E-state index < -0.39 is 17.6 Å². The number of rotatable bonds is 2. The van der Waals surface area contributed by atoms with Crippen LogP contribution < -0.4 is 10.6 Å². The van der Waals surface area contributed by atoms with Crippen LogP contribution in [0.1, 0.15) is 35.8 Å². The molecule has 1 aliphatic rings. The van der Waals surface area contributed by atoms with Crippen molar-refractivity contribution in [1.29, 1.82) is 0 Å². The molecule has 0 atom stereocenters. The summed E-state index contributed by atoms with van der Waals surface area (Å²) >= 11 is 0. The molecule has 1 aliphatic heterocycles. The molecule has 2 heterocycles. The van der Waals surface area contributed by atoms with E-state index in [1.165, 1.54) is 0 Å². The lowest BCUT2D eigenvalue weighted by atomic mass is 9.90. The van der Waals surface area contributed by atoms with E-state index in [0.717, 1.165) is 38.1 Å². The van der Waals surface area contributed by atoms with Crippen molar-refractivity contribution in [1.82, 2.24) is 15.6 Å². The second kappa shape index (κ2) is 5.40. The van der Waals surface area contributed by atoms with Crippen LogP contribution in [0.25, 0.3) is 0 Å². The second-order valence-corrected chi connectivity index (χ2v) is 5.19. The zero-order chi connectivity index (χ0) is 14.8. The molecule has 0 unspecified atom stereocenters. The molecule has 7 heteroatoms. The molecule has 110 valence electrons. The van der Waals surface area contributed by atoms with Crippen molar-refractivity contribution in [2.24, 2.45) is 0 Å². The van der Waals surface area contributed by atoms with Gasteiger partial charge in [-0.1, -0.05) is 0 Å². The van der Waals surface area contributed by atoms with Gasteiger partial charge in [0, 0.05) is 11.7 Å². The van der Waals surface area contributed by atoms with Crippen molar-refractivity contribution in [2.45, 2.75) is 31.5 Å². The lowest BCUT2D eigenvalue weighted by molar-refractivity contribution is -0.137. The highest BCUT2D eigenvalue weighted by molar-refractivity contribution is 5.92. The van der Waals surface area contributed by atoms with Gasteiger partial charge in [-0.25, -0.2) is 0 Å². The molecule has 0 bridgehead atoms. The van der Waals surface area contributed by atoms with Gasteiger partial charge in [-0.15, -0.1) is 0 Å². The molecule has 1 aromatic rings. The molecular weight excluding hydrogens is 271 g/mol. The Bertz CT molecular complexity index is 479. The average molecular weight is 287 g/mol. The summed E-state index contributed by atoms with van der Waals surface area (Å²) in [5, 5.41) is 6.03. The fourth-order valence-electron chi connectivity index (χ4n) is 2.14. The Morgan fingerprint density at radius 2 is 2.00 bits per heavy atom. The van der Waals surface area contributed by atoms with Crippen LogP contribution in [-0.2, 0) is 6.18 Å². The van der Waals surface area contributed by atoms with E-state index in [1.807, 2.05) is 6.92 Å². The van der Waals surface area contributed by atoms with Gasteiger partial charge in [-0.05, 0) is 45.0 Å². The molecule has 1 aromatic heterocycles. The molecule has 20 heavy (non-hydrogen) atoms. The van der Waals surface area contributed by atoms with Crippen molar-refractivity contribution < 1.29 is 18.0 Å². The Labute approximate surface area is 114 Å². The number of alkyl halides is 3. The zero-order valence-corrected chi connectivity index (χ0v) is 11.0. The third kappa shape index (κ3) is 3.47. The fraction of sp³-hybridized carbons (Fsp3) is 0.538. The first kappa shape index (κ1) is 14.8. The smallest absolute Gasteiger partial charge is 0.345 e. The van der Waals surface area contributed by atoms with E-state index in [0.29, 0.717) is 6.20 Å². The lowest BCUT2D eigenvalue weighted by Crippen LogP contribution is -2.52. The van der Waals surface area contributed by atoms with Crippen LogP contribution in [0, 0.1) is 0 Å². The van der Waals surface area contributed by atoms with Gasteiger partial charge in [-0.2, -0.15) is 13.2 Å². The van der Waals surface area contributed by atoms with Gasteiger partial charge in [-0.3, -0.25) is 9.78 Å². The number of halogens is 3. The van der Waals surface area contributed by atoms with Gasteiger partial charge in [0.2, 0.25) is 0 Å². The number of carbonyl (C=O) groups excluding carboxylic acids is 1. The van der Waals surface area contributed by atoms with Crippen molar-refractivity contribution in [3.63, 3.8) is 0 Å². The molecule has 1 fully saturated rings. The lowest BCUT2D eigenvalue weighted by Gasteiger charge is -2.34. The first-order valence-corrected chi connectivity index (χ1v) is 6.37. The number of aromatic nitrogens is 1. The quantitative estimate of drug-likeness (QED) is 0.874. The standard InChI is InChI=1S/C13H16F3N3O/c1-12(4-6-17-7-5-12)19-11(20)10-3-2-9(8-18-10)13(14,15)16/h2-3,8,17H,4-7H2,1H3,(H,19,20). The number of piperidine rings is 1. The van der Waals surface area contributed by atoms with E-state index in [4.69, 9.17) is 0 Å². The van der Waals surface area contributed by atoms with Crippen LogP contribution in [0.4, 0.5) is 13.2 Å². The van der Waals surface area contributed by atoms with E-state index in [2.05, 4.69) is 15.6 Å². The third-order valence-corrected chi connectivity index (χ3v) is 3.45. The number of hydrogen-bond acceptors (Lipinski definition) is 3. The van der Waals surface area contributed by atoms with Gasteiger partial charge in [0.15, 0.2) is 0 Å². The van der Waals surface area contributed by atoms with Crippen LogP contribution in [-0.4, -0.2) is 29.5 Å². The highest BCUT2D eigenvalue weighted by Crippen LogP contribution is 2.28. The third-order valence-electron chi connectivity index (χ3n) is 3.45. The molecular formula is C13H16F3N3O. The van der Waals surface area contributed by atoms with Crippen LogP contribution in [0.3, 0.4) is 0 Å². The molecule has 2 rings (SSSR count). The van der Waals surface area contributed by atoms with Crippen molar-refractivity contribution in [2.75, 3.05) is 13.1 Å². The van der Waals surface area contributed by atoms with Crippen molar-refractivity contribution in [3.8, 4) is 0 Å². The zero-order valence-electron chi connectivity index (χ0n) is 11.0. The number of nitrogens with one attached hydrogen (secondary N) is 2. The first-order chi connectivity index (χ1) is 9.30. The van der Waals surface area contributed by atoms with Crippen LogP contribution in [0.2, 0.25) is 0 Å². The number of pyridine rings is 1. The van der Waals surface area contributed by atoms with Crippen molar-refractivity contribution >= 4 is 5.91 Å². The predicted molar refractivity (Wildman–Crippen MR) is 67.2 cm³/mol. The number of hydrogen-bond donors (Lipinski definition) is 2. The number of carbonyl (C=O) groups is 1. The summed E-state index contributed by atoms with van der Waals surface area (Å²) < 4.78 is 37.2. The number of nitrogens with zero attached hydrogens (tertiary/aromatic N) is 1. The molecule has 0 aromatic carbocycles. The summed E-state index contributed by atoms with van der Waals surface area (Å²) in [5.74, 6) is -0.442. The maximum atomic E-state index is 12.4. The Balaban J connectivity index is 2.06. The maximum Gasteiger partial charge on any atom is 0.417 e. The predicted octanol–water partition coefficient (Wildman–Crippen LogP) is 1.97. The molecule has 1 amide bonds. The summed E-state index contributed by atoms with van der Waals surface area (Å²) in [4.78, 5) is 15.6. The Hall–Kier alpha value is -1.63. The van der Waals surface area contributed by atoms with Gasteiger partial charge in [0.1, 0.15) is 5.69 Å². The minimum atomic E-state index is -4.44. The average Bonchev–Trinajstić information content (AvgIpc) is 2.38. The van der Waals surface area contributed by atoms with Gasteiger partial charge >= 0.3 is 6.18 Å². The summed E-state index contributed by atoms with van der Waals surface area (Å²) in [5.41, 5.74) is -1.20. The van der Waals surface area contributed by atoms with E-state index in [-0.39, 0.29) is 11.2 Å². The maximum absolute atomic E-state index is 12.4. The van der Waals surface area contributed by atoms with E-state index in [1.54, 1.807) is 0 Å². The summed E-state index contributed by atoms with van der Waals surface area (Å²) in [6.45, 7) is 3.53. The number of amides is 1. The monoisotopic (exact) mass is 287 g/mol. The molecule has 0 spiro atoms. The van der Waals surface area contributed by atoms with Crippen LogP contribution >= 0.6 is 0 Å². The van der Waals surface area contributed by atoms with E-state index >= 15 is 0 Å². The van der Waals surface area contributed by atoms with Crippen LogP contribution in [0.5, 0.6) is 0 Å². The largest absolute Gasteiger partial charge is 0.417 e. The SMILES string of the molecule is CC1(NC(=O)c2ccc(C(F)(F)F)cn2)CCNCC1. The molecule has 4 nitrogen and oxygen atoms in total. The molecule has 0 aliphatic carbocycles. The van der Waals surface area contributed by atoms with E-state index in [9.17, 15) is 18.0 Å². The minimum absolute atomic E-state index is 0.00208. The normalized spacial score (nSPS) is 18.6. The first-order valence-electron chi connectivity index (χ1n) is 6.37. The Kier molecular flexibility index (Phi) is 3.99. The topological polar surface area (TPSA) is 54.0 Å². The molecule has 1 saturated heterocycles. The second-order valence-electron chi connectivity index (χ2n) is 5.19. The molecule has 0 radical (unpaired) electrons. The Morgan fingerprint density at radius 1 is 1.35 bits per heavy atom. The summed E-state index contributed by atoms with van der Waals surface area (Å²) in [6, 6.07) is 1.97. The van der Waals surface area contributed by atoms with Gasteiger partial charge < -0.3 is 10.6 Å². The van der Waals surface area contributed by atoms with Gasteiger partial charge in [0.05, 0.1) is 5.56 Å². The minimum Gasteiger partial charge on any atom is -0.345 e. The Morgan fingerprint density at radius 3 is 2.50 bits per heavy atom. The van der Waals surface area contributed by atoms with Crippen LogP contribution in [0.15, 0.2) is 18.3 Å². The van der Waals surface area contributed by atoms with Crippen molar-refractivity contribution in [3.05, 3.63) is 29.6 Å². The van der Waals surface area contributed by atoms with Gasteiger partial charge in [0.25, 0.3) is 5.91 Å².